The van der Waals surface area contributed by atoms with Gasteiger partial charge < -0.3 is 44.4 Å². The van der Waals surface area contributed by atoms with Gasteiger partial charge in [0.1, 0.15) is 58.1 Å². The van der Waals surface area contributed by atoms with Crippen LogP contribution in [0.1, 0.15) is 66.3 Å². The molecular formula is C75H53F6N5O12. The Hall–Kier alpha value is -11.6. The lowest BCUT2D eigenvalue weighted by molar-refractivity contribution is -0.151. The number of amides is 6. The number of halogens is 6. The van der Waals surface area contributed by atoms with Crippen LogP contribution in [0.25, 0.3) is 43.1 Å². The van der Waals surface area contributed by atoms with Crippen molar-refractivity contribution in [1.82, 2.24) is 9.80 Å². The summed E-state index contributed by atoms with van der Waals surface area (Å²) in [7, 11) is 0. The summed E-state index contributed by atoms with van der Waals surface area (Å²) >= 11 is 0. The first kappa shape index (κ1) is 62.5. The van der Waals surface area contributed by atoms with Crippen LogP contribution in [-0.2, 0) is 25.5 Å². The van der Waals surface area contributed by atoms with Gasteiger partial charge in [-0.2, -0.15) is 26.3 Å². The van der Waals surface area contributed by atoms with Crippen molar-refractivity contribution in [2.75, 3.05) is 35.7 Å². The van der Waals surface area contributed by atoms with Crippen molar-refractivity contribution in [1.29, 1.82) is 0 Å². The predicted molar refractivity (Wildman–Crippen MR) is 350 cm³/mol. The molecule has 6 amide bonds. The molecule has 11 aromatic rings. The van der Waals surface area contributed by atoms with Crippen molar-refractivity contribution in [3.8, 4) is 46.0 Å². The number of hydrogen-bond donors (Lipinski definition) is 3. The minimum Gasteiger partial charge on any atom is -0.457 e. The van der Waals surface area contributed by atoms with Gasteiger partial charge in [0, 0.05) is 66.7 Å². The van der Waals surface area contributed by atoms with Crippen LogP contribution < -0.4 is 34.9 Å². The molecule has 0 aromatic heterocycles. The Morgan fingerprint density at radius 2 is 0.724 bits per heavy atom. The molecule has 0 aliphatic carbocycles. The smallest absolute Gasteiger partial charge is 0.391 e. The highest BCUT2D eigenvalue weighted by atomic mass is 19.4. The van der Waals surface area contributed by atoms with E-state index in [0.717, 1.165) is 12.0 Å². The first-order chi connectivity index (χ1) is 47.3. The number of para-hydroxylation sites is 4. The maximum atomic E-state index is 15.9. The average Bonchev–Trinajstić information content (AvgIpc) is 1.30. The zero-order valence-corrected chi connectivity index (χ0v) is 51.3. The molecule has 23 heteroatoms. The number of anilines is 3. The summed E-state index contributed by atoms with van der Waals surface area (Å²) in [6.07, 6.45) is -12.8. The number of carbonyl (C=O) groups is 6. The molecule has 17 nitrogen and oxygen atoms in total. The summed E-state index contributed by atoms with van der Waals surface area (Å²) < 4.78 is 129. The Kier molecular flexibility index (Phi) is 15.9. The van der Waals surface area contributed by atoms with E-state index in [-0.39, 0.29) is 122 Å². The van der Waals surface area contributed by atoms with Crippen molar-refractivity contribution >= 4 is 95.6 Å². The number of epoxide rings is 2. The van der Waals surface area contributed by atoms with Crippen molar-refractivity contribution in [3.05, 3.63) is 222 Å². The number of carbonyl (C=O) groups excluding carboxylic acids is 6. The van der Waals surface area contributed by atoms with Crippen LogP contribution in [0.15, 0.2) is 194 Å². The molecule has 2 fully saturated rings. The number of alkyl halides is 6. The number of rotatable bonds is 22. The van der Waals surface area contributed by atoms with Crippen LogP contribution >= 0.6 is 0 Å². The molecule has 15 rings (SSSR count). The van der Waals surface area contributed by atoms with E-state index in [1.807, 2.05) is 0 Å². The molecular weight excluding hydrogens is 1280 g/mol. The second-order valence-corrected chi connectivity index (χ2v) is 24.1. The van der Waals surface area contributed by atoms with E-state index in [1.54, 1.807) is 146 Å². The molecule has 4 heterocycles. The molecule has 2 saturated heterocycles. The molecule has 4 aliphatic rings. The number of benzene rings is 11. The third kappa shape index (κ3) is 12.3. The fourth-order valence-electron chi connectivity index (χ4n) is 12.8. The first-order valence-corrected chi connectivity index (χ1v) is 31.2. The van der Waals surface area contributed by atoms with E-state index in [0.29, 0.717) is 31.9 Å². The first-order valence-electron chi connectivity index (χ1n) is 31.2. The summed E-state index contributed by atoms with van der Waals surface area (Å²) in [5.74, 6) is -8.49. The Balaban J connectivity index is 0.994. The second kappa shape index (κ2) is 24.9. The van der Waals surface area contributed by atoms with Crippen molar-refractivity contribution in [3.63, 3.8) is 0 Å². The minimum absolute atomic E-state index is 0.0133. The molecule has 98 heavy (non-hydrogen) atoms. The SMILES string of the molecule is O=C(Nc1ccc(CCC2CO2)cc1)C(CC(F)(F)F)N1C(=O)c2cc(Oc3ccccc3)c3c4c(Oc5ccccc5)cc5c6c(cc(Oc7ccccc7)c(c7c(Oc8ccccc8)cc(c2c37)C1=O)c64)C(=O)N(C(CC(F)(F)F)C(=O)Nc1ccc(NCC2CO2)cc1)C5=O. The normalized spacial score (nSPS) is 16.3. The van der Waals surface area contributed by atoms with Gasteiger partial charge in [-0.05, 0) is 128 Å². The summed E-state index contributed by atoms with van der Waals surface area (Å²) in [6, 6.07) is 44.6. The highest BCUT2D eigenvalue weighted by Gasteiger charge is 2.50. The molecule has 0 bridgehead atoms. The average molecular weight is 1330 g/mol. The fourth-order valence-corrected chi connectivity index (χ4v) is 12.8. The molecule has 0 saturated carbocycles. The summed E-state index contributed by atoms with van der Waals surface area (Å²) in [6.45, 7) is 1.70. The molecule has 0 radical (unpaired) electrons. The summed E-state index contributed by atoms with van der Waals surface area (Å²) in [5.41, 5.74) is -0.0918. The van der Waals surface area contributed by atoms with Crippen LogP contribution in [-0.4, -0.2) is 102 Å². The number of imide groups is 2. The van der Waals surface area contributed by atoms with Gasteiger partial charge >= 0.3 is 12.4 Å². The van der Waals surface area contributed by atoms with Gasteiger partial charge in [0.15, 0.2) is 0 Å². The van der Waals surface area contributed by atoms with Crippen LogP contribution in [0.2, 0.25) is 0 Å². The van der Waals surface area contributed by atoms with Crippen molar-refractivity contribution in [2.45, 2.75) is 62.3 Å². The molecule has 3 N–H and O–H groups in total. The zero-order chi connectivity index (χ0) is 67.7. The lowest BCUT2D eigenvalue weighted by atomic mass is 9.80. The number of fused-ring (bicyclic) bond motifs is 2. The second-order valence-electron chi connectivity index (χ2n) is 24.1. The number of nitrogens with zero attached hydrogens (tertiary/aromatic N) is 2. The van der Waals surface area contributed by atoms with Gasteiger partial charge in [-0.15, -0.1) is 0 Å². The molecule has 4 atom stereocenters. The summed E-state index contributed by atoms with van der Waals surface area (Å²) in [4.78, 5) is 93.3. The highest BCUT2D eigenvalue weighted by molar-refractivity contribution is 6.45. The Labute approximate surface area is 552 Å². The van der Waals surface area contributed by atoms with E-state index in [2.05, 4.69) is 16.0 Å². The fraction of sp³-hybridized carbons (Fsp3) is 0.173. The third-order valence-corrected chi connectivity index (χ3v) is 17.4. The van der Waals surface area contributed by atoms with Crippen LogP contribution in [0, 0.1) is 0 Å². The standard InChI is InChI=1S/C75H53F6N5O12/c76-74(77,78)35-54(68(87)83-42-24-21-40(22-25-42)23-30-48-38-93-48)85-70(89)50-31-56(95-44-13-5-1-6-14-44)62-64-58(97-46-17-9-3-10-18-46)33-52-61-53(73(92)86(72(52)91)55(36-75(79,80)81)69(88)84-43-28-26-41(27-29-43)82-37-49-39-94-49)34-59(98-47-19-11-4-12-20-47)65(67(61)64)63-57(96-45-15-7-2-8-16-45)32-51(71(85)90)60(50)66(62)63/h1-22,24-29,31-34,48-49,54-55,82H,23,30,35-39H2,(H,83,87)(H,84,88). The number of aryl methyl sites for hydroxylation is 1. The van der Waals surface area contributed by atoms with Gasteiger partial charge in [0.25, 0.3) is 23.6 Å². The quantitative estimate of drug-likeness (QED) is 0.0190. The summed E-state index contributed by atoms with van der Waals surface area (Å²) in [5, 5.41) is 7.69. The number of nitrogens with one attached hydrogen (secondary N) is 3. The van der Waals surface area contributed by atoms with Crippen LogP contribution in [0.3, 0.4) is 0 Å². The molecule has 492 valence electrons. The van der Waals surface area contributed by atoms with E-state index >= 15 is 45.5 Å². The Morgan fingerprint density at radius 1 is 0.418 bits per heavy atom. The van der Waals surface area contributed by atoms with Crippen molar-refractivity contribution in [2.24, 2.45) is 0 Å². The predicted octanol–water partition coefficient (Wildman–Crippen LogP) is 16.2. The van der Waals surface area contributed by atoms with E-state index < -0.39 is 95.0 Å². The third-order valence-electron chi connectivity index (χ3n) is 17.4. The van der Waals surface area contributed by atoms with Crippen LogP contribution in [0.4, 0.5) is 43.4 Å². The maximum Gasteiger partial charge on any atom is 0.391 e. The van der Waals surface area contributed by atoms with Crippen LogP contribution in [0.5, 0.6) is 46.0 Å². The van der Waals surface area contributed by atoms with Gasteiger partial charge in [0.2, 0.25) is 11.8 Å². The molecule has 0 spiro atoms. The maximum absolute atomic E-state index is 15.9. The monoisotopic (exact) mass is 1330 g/mol. The van der Waals surface area contributed by atoms with E-state index in [1.165, 1.54) is 48.5 Å². The Morgan fingerprint density at radius 3 is 1.03 bits per heavy atom. The van der Waals surface area contributed by atoms with Crippen molar-refractivity contribution < 1.29 is 83.5 Å². The Bertz CT molecular complexity index is 4480. The zero-order valence-electron chi connectivity index (χ0n) is 51.3. The molecule has 4 aliphatic heterocycles. The lowest BCUT2D eigenvalue weighted by Gasteiger charge is -2.36. The van der Waals surface area contributed by atoms with E-state index in [9.17, 15) is 9.59 Å². The molecule has 11 aromatic carbocycles. The lowest BCUT2D eigenvalue weighted by Crippen LogP contribution is -2.53. The molecule has 4 unspecified atom stereocenters. The minimum atomic E-state index is -5.16. The highest BCUT2D eigenvalue weighted by Crippen LogP contribution is 2.58. The van der Waals surface area contributed by atoms with Gasteiger partial charge in [-0.25, -0.2) is 0 Å². The largest absolute Gasteiger partial charge is 0.457 e. The van der Waals surface area contributed by atoms with Gasteiger partial charge in [-0.3, -0.25) is 38.6 Å². The van der Waals surface area contributed by atoms with Gasteiger partial charge in [-0.1, -0.05) is 84.9 Å². The number of ether oxygens (including phenoxy) is 6. The van der Waals surface area contributed by atoms with E-state index in [4.69, 9.17) is 28.4 Å². The number of hydrogen-bond acceptors (Lipinski definition) is 13. The van der Waals surface area contributed by atoms with Gasteiger partial charge in [0.05, 0.1) is 60.5 Å². The topological polar surface area (TPSA) is 207 Å².